The molecule has 7 heteroatoms. The maximum absolute atomic E-state index is 12.8. The van der Waals surface area contributed by atoms with Gasteiger partial charge in [0.25, 0.3) is 0 Å². The highest BCUT2D eigenvalue weighted by Gasteiger charge is 2.39. The molecular weight excluding hydrogens is 301 g/mol. The molecule has 0 saturated carbocycles. The minimum Gasteiger partial charge on any atom is -0.291 e. The molecule has 0 N–H and O–H groups in total. The Bertz CT molecular complexity index is 522. The van der Waals surface area contributed by atoms with Gasteiger partial charge in [0.05, 0.1) is 25.5 Å². The lowest BCUT2D eigenvalue weighted by Gasteiger charge is -2.28. The summed E-state index contributed by atoms with van der Waals surface area (Å²) >= 11 is 5.88. The molecule has 5 nitrogen and oxygen atoms in total. The van der Waals surface area contributed by atoms with Crippen LogP contribution < -0.4 is 0 Å². The van der Waals surface area contributed by atoms with Gasteiger partial charge < -0.3 is 0 Å². The van der Waals surface area contributed by atoms with Crippen molar-refractivity contribution in [3.8, 4) is 0 Å². The van der Waals surface area contributed by atoms with Crippen LogP contribution in [0, 0.1) is 0 Å². The Morgan fingerprint density at radius 2 is 1.85 bits per heavy atom. The predicted molar refractivity (Wildman–Crippen MR) is 78.1 cm³/mol. The second-order valence-corrected chi connectivity index (χ2v) is 6.22. The normalized spacial score (nSPS) is 15.6. The first-order chi connectivity index (χ1) is 9.60. The van der Waals surface area contributed by atoms with E-state index in [9.17, 15) is 4.57 Å². The Hall–Kier alpha value is -0.840. The lowest BCUT2D eigenvalue weighted by Crippen LogP contribution is -2.18. The zero-order valence-electron chi connectivity index (χ0n) is 11.4. The summed E-state index contributed by atoms with van der Waals surface area (Å²) in [6.45, 7) is 4.37. The van der Waals surface area contributed by atoms with Crippen molar-refractivity contribution in [3.05, 3.63) is 40.9 Å². The molecule has 1 heterocycles. The second-order valence-electron chi connectivity index (χ2n) is 3.97. The van der Waals surface area contributed by atoms with E-state index in [2.05, 4.69) is 0 Å². The predicted octanol–water partition coefficient (Wildman–Crippen LogP) is 4.11. The van der Waals surface area contributed by atoms with E-state index in [-0.39, 0.29) is 13.2 Å². The second kappa shape index (κ2) is 6.74. The standard InChI is InChI=1S/C13H17ClNO4P/c1-3-18-20(16,19-4-2)15-13(9-10-17-15)11-5-7-12(14)8-6-11/h5-9H,3-4,10H2,1-2H3. The van der Waals surface area contributed by atoms with Crippen molar-refractivity contribution in [1.82, 2.24) is 4.83 Å². The molecule has 1 aromatic rings. The molecule has 1 aliphatic rings. The van der Waals surface area contributed by atoms with Crippen LogP contribution >= 0.6 is 19.3 Å². The van der Waals surface area contributed by atoms with Gasteiger partial charge in [0.15, 0.2) is 0 Å². The smallest absolute Gasteiger partial charge is 0.291 e. The van der Waals surface area contributed by atoms with Crippen LogP contribution in [0.15, 0.2) is 30.3 Å². The van der Waals surface area contributed by atoms with Crippen molar-refractivity contribution in [2.24, 2.45) is 0 Å². The van der Waals surface area contributed by atoms with E-state index in [4.69, 9.17) is 25.5 Å². The van der Waals surface area contributed by atoms with Gasteiger partial charge in [-0.3, -0.25) is 13.9 Å². The maximum atomic E-state index is 12.8. The Morgan fingerprint density at radius 3 is 2.40 bits per heavy atom. The van der Waals surface area contributed by atoms with Crippen molar-refractivity contribution in [2.45, 2.75) is 13.8 Å². The number of hydrogen-bond donors (Lipinski definition) is 0. The van der Waals surface area contributed by atoms with Crippen LogP contribution in [0.5, 0.6) is 0 Å². The van der Waals surface area contributed by atoms with Crippen molar-refractivity contribution in [2.75, 3.05) is 19.8 Å². The number of benzene rings is 1. The number of rotatable bonds is 6. The van der Waals surface area contributed by atoms with E-state index in [1.54, 1.807) is 26.0 Å². The molecule has 0 saturated heterocycles. The summed E-state index contributed by atoms with van der Waals surface area (Å²) in [6, 6.07) is 7.19. The molecule has 20 heavy (non-hydrogen) atoms. The maximum Gasteiger partial charge on any atom is 0.458 e. The summed E-state index contributed by atoms with van der Waals surface area (Å²) in [6.07, 6.45) is 1.83. The number of halogens is 1. The molecule has 0 atom stereocenters. The van der Waals surface area contributed by atoms with E-state index in [1.165, 1.54) is 4.83 Å². The minimum atomic E-state index is -3.49. The zero-order valence-corrected chi connectivity index (χ0v) is 13.1. The van der Waals surface area contributed by atoms with Crippen LogP contribution in [0.25, 0.3) is 5.70 Å². The summed E-state index contributed by atoms with van der Waals surface area (Å²) in [5.41, 5.74) is 1.50. The molecule has 0 spiro atoms. The molecule has 0 fully saturated rings. The molecular formula is C13H17ClNO4P. The van der Waals surface area contributed by atoms with Gasteiger partial charge in [0.1, 0.15) is 0 Å². The largest absolute Gasteiger partial charge is 0.458 e. The van der Waals surface area contributed by atoms with Crippen molar-refractivity contribution in [1.29, 1.82) is 0 Å². The monoisotopic (exact) mass is 317 g/mol. The van der Waals surface area contributed by atoms with Gasteiger partial charge in [-0.25, -0.2) is 4.57 Å². The highest BCUT2D eigenvalue weighted by Crippen LogP contribution is 2.57. The van der Waals surface area contributed by atoms with E-state index in [0.29, 0.717) is 17.3 Å². The van der Waals surface area contributed by atoms with Crippen LogP contribution in [-0.2, 0) is 18.5 Å². The quantitative estimate of drug-likeness (QED) is 0.739. The third kappa shape index (κ3) is 3.25. The molecule has 1 aliphatic heterocycles. The Kier molecular flexibility index (Phi) is 5.24. The molecule has 0 bridgehead atoms. The fraction of sp³-hybridized carbons (Fsp3) is 0.385. The van der Waals surface area contributed by atoms with Gasteiger partial charge in [0, 0.05) is 10.6 Å². The first-order valence-corrected chi connectivity index (χ1v) is 8.26. The average molecular weight is 318 g/mol. The third-order valence-corrected chi connectivity index (χ3v) is 4.82. The number of hydrogen-bond acceptors (Lipinski definition) is 4. The highest BCUT2D eigenvalue weighted by atomic mass is 35.5. The molecule has 0 radical (unpaired) electrons. The van der Waals surface area contributed by atoms with Crippen LogP contribution in [0.1, 0.15) is 19.4 Å². The molecule has 0 unspecified atom stereocenters. The van der Waals surface area contributed by atoms with Gasteiger partial charge in [0.2, 0.25) is 0 Å². The molecule has 1 aromatic carbocycles. The fourth-order valence-electron chi connectivity index (χ4n) is 1.85. The summed E-state index contributed by atoms with van der Waals surface area (Å²) in [5, 5.41) is 0.637. The van der Waals surface area contributed by atoms with Crippen molar-refractivity contribution >= 4 is 25.0 Å². The average Bonchev–Trinajstić information content (AvgIpc) is 2.90. The number of hydroxylamine groups is 1. The van der Waals surface area contributed by atoms with Gasteiger partial charge in [-0.05, 0) is 32.1 Å². The molecule has 0 amide bonds. The van der Waals surface area contributed by atoms with Gasteiger partial charge >= 0.3 is 7.75 Å². The van der Waals surface area contributed by atoms with E-state index >= 15 is 0 Å². The summed E-state index contributed by atoms with van der Waals surface area (Å²) in [7, 11) is -3.49. The first kappa shape index (κ1) is 15.5. The summed E-state index contributed by atoms with van der Waals surface area (Å²) in [5.74, 6) is 0. The Balaban J connectivity index is 2.29. The molecule has 0 aliphatic carbocycles. The summed E-state index contributed by atoms with van der Waals surface area (Å²) in [4.78, 5) is 6.65. The SMILES string of the molecule is CCOP(=O)(OCC)N1OCC=C1c1ccc(Cl)cc1. The first-order valence-electron chi connectivity index (χ1n) is 6.39. The van der Waals surface area contributed by atoms with Crippen LogP contribution in [0.3, 0.4) is 0 Å². The van der Waals surface area contributed by atoms with Crippen molar-refractivity contribution in [3.63, 3.8) is 0 Å². The van der Waals surface area contributed by atoms with Gasteiger partial charge in [-0.2, -0.15) is 4.83 Å². The van der Waals surface area contributed by atoms with Crippen LogP contribution in [-0.4, -0.2) is 24.7 Å². The van der Waals surface area contributed by atoms with E-state index in [0.717, 1.165) is 5.56 Å². The van der Waals surface area contributed by atoms with E-state index in [1.807, 2.05) is 18.2 Å². The van der Waals surface area contributed by atoms with E-state index < -0.39 is 7.75 Å². The van der Waals surface area contributed by atoms with Gasteiger partial charge in [-0.15, -0.1) is 0 Å². The Labute approximate surface area is 123 Å². The molecule has 0 aromatic heterocycles. The Morgan fingerprint density at radius 1 is 1.25 bits per heavy atom. The fourth-order valence-corrected chi connectivity index (χ4v) is 3.59. The molecule has 2 rings (SSSR count). The number of nitrogens with zero attached hydrogens (tertiary/aromatic N) is 1. The minimum absolute atomic E-state index is 0.269. The van der Waals surface area contributed by atoms with Crippen molar-refractivity contribution < 1.29 is 18.5 Å². The van der Waals surface area contributed by atoms with Crippen LogP contribution in [0.2, 0.25) is 5.02 Å². The lowest BCUT2D eigenvalue weighted by molar-refractivity contribution is -0.0373. The topological polar surface area (TPSA) is 48.0 Å². The van der Waals surface area contributed by atoms with Crippen LogP contribution in [0.4, 0.5) is 0 Å². The van der Waals surface area contributed by atoms with Gasteiger partial charge in [-0.1, -0.05) is 23.7 Å². The highest BCUT2D eigenvalue weighted by molar-refractivity contribution is 7.51. The lowest BCUT2D eigenvalue weighted by atomic mass is 10.1. The third-order valence-electron chi connectivity index (χ3n) is 2.63. The molecule has 110 valence electrons. The zero-order chi connectivity index (χ0) is 14.6. The summed E-state index contributed by atoms with van der Waals surface area (Å²) < 4.78 is 23.3.